The van der Waals surface area contributed by atoms with Gasteiger partial charge in [-0.25, -0.2) is 0 Å². The Labute approximate surface area is 176 Å². The van der Waals surface area contributed by atoms with Gasteiger partial charge in [0.15, 0.2) is 0 Å². The molecule has 2 N–H and O–H groups in total. The molecule has 0 aliphatic carbocycles. The molecule has 1 aromatic carbocycles. The van der Waals surface area contributed by atoms with E-state index < -0.39 is 16.1 Å². The van der Waals surface area contributed by atoms with Crippen molar-refractivity contribution < 1.29 is 41.5 Å². The molecule has 11 heteroatoms. The maximum atomic E-state index is 11.9. The molecule has 1 aromatic rings. The summed E-state index contributed by atoms with van der Waals surface area (Å²) in [4.78, 5) is 21.7. The van der Waals surface area contributed by atoms with Crippen LogP contribution in [0.1, 0.15) is 19.3 Å². The largest absolute Gasteiger partial charge is 0.481 e. The van der Waals surface area contributed by atoms with Gasteiger partial charge in [-0.2, -0.15) is 8.42 Å². The summed E-state index contributed by atoms with van der Waals surface area (Å²) < 4.78 is 44.5. The van der Waals surface area contributed by atoms with Crippen molar-refractivity contribution in [3.63, 3.8) is 0 Å². The summed E-state index contributed by atoms with van der Waals surface area (Å²) >= 11 is 0. The zero-order chi connectivity index (χ0) is 22.1. The summed E-state index contributed by atoms with van der Waals surface area (Å²) in [5.41, 5.74) is 0. The number of carboxylic acid groups (broad SMARTS) is 1. The number of rotatable bonds is 18. The quantitative estimate of drug-likeness (QED) is 0.247. The first-order chi connectivity index (χ1) is 14.4. The summed E-state index contributed by atoms with van der Waals surface area (Å²) in [6, 6.07) is 7.89. The lowest BCUT2D eigenvalue weighted by Crippen LogP contribution is -2.25. The number of aliphatic carboxylic acids is 1. The fourth-order valence-corrected chi connectivity index (χ4v) is 3.02. The van der Waals surface area contributed by atoms with E-state index in [0.29, 0.717) is 46.0 Å². The number of carbonyl (C=O) groups is 2. The first-order valence-corrected chi connectivity index (χ1v) is 11.0. The van der Waals surface area contributed by atoms with E-state index in [1.807, 2.05) is 0 Å². The predicted molar refractivity (Wildman–Crippen MR) is 107 cm³/mol. The van der Waals surface area contributed by atoms with Crippen molar-refractivity contribution in [1.29, 1.82) is 0 Å². The number of carbonyl (C=O) groups excluding carboxylic acids is 1. The van der Waals surface area contributed by atoms with Gasteiger partial charge in [0.25, 0.3) is 10.1 Å². The van der Waals surface area contributed by atoms with Gasteiger partial charge in [-0.1, -0.05) is 18.2 Å². The monoisotopic (exact) mass is 447 g/mol. The number of amides is 1. The molecular formula is C19H29NO9S. The maximum absolute atomic E-state index is 11.9. The van der Waals surface area contributed by atoms with E-state index >= 15 is 0 Å². The first kappa shape index (κ1) is 26.0. The Morgan fingerprint density at radius 1 is 0.833 bits per heavy atom. The lowest BCUT2D eigenvalue weighted by atomic mass is 10.3. The second-order valence-electron chi connectivity index (χ2n) is 6.02. The predicted octanol–water partition coefficient (Wildman–Crippen LogP) is 0.813. The lowest BCUT2D eigenvalue weighted by molar-refractivity contribution is -0.138. The third kappa shape index (κ3) is 13.2. The van der Waals surface area contributed by atoms with E-state index in [2.05, 4.69) is 5.32 Å². The highest BCUT2D eigenvalue weighted by molar-refractivity contribution is 7.86. The van der Waals surface area contributed by atoms with Crippen molar-refractivity contribution in [2.24, 2.45) is 0 Å². The van der Waals surface area contributed by atoms with Crippen molar-refractivity contribution in [3.8, 4) is 0 Å². The first-order valence-electron chi connectivity index (χ1n) is 9.58. The molecule has 0 saturated heterocycles. The van der Waals surface area contributed by atoms with Crippen LogP contribution >= 0.6 is 0 Å². The molecule has 0 fully saturated rings. The van der Waals surface area contributed by atoms with Crippen molar-refractivity contribution in [3.05, 3.63) is 30.3 Å². The molecule has 0 aromatic heterocycles. The van der Waals surface area contributed by atoms with Gasteiger partial charge in [0.2, 0.25) is 5.91 Å². The van der Waals surface area contributed by atoms with Crippen molar-refractivity contribution in [2.75, 3.05) is 52.8 Å². The summed E-state index contributed by atoms with van der Waals surface area (Å²) in [6.45, 7) is 2.35. The Hall–Kier alpha value is -2.05. The van der Waals surface area contributed by atoms with Crippen molar-refractivity contribution >= 4 is 22.0 Å². The molecule has 0 radical (unpaired) electrons. The molecule has 0 atom stereocenters. The van der Waals surface area contributed by atoms with Crippen LogP contribution in [0.5, 0.6) is 0 Å². The van der Waals surface area contributed by atoms with Crippen LogP contribution in [0.15, 0.2) is 35.2 Å². The molecule has 170 valence electrons. The van der Waals surface area contributed by atoms with Gasteiger partial charge in [-0.05, 0) is 18.6 Å². The van der Waals surface area contributed by atoms with Crippen LogP contribution < -0.4 is 5.32 Å². The average Bonchev–Trinajstić information content (AvgIpc) is 2.73. The smallest absolute Gasteiger partial charge is 0.303 e. The lowest BCUT2D eigenvalue weighted by Gasteiger charge is -2.08. The second kappa shape index (κ2) is 15.7. The summed E-state index contributed by atoms with van der Waals surface area (Å²) in [5, 5.41) is 11.1. The SMILES string of the molecule is O=C(O)CCC(=O)NCCCOCCOCCOCCOS(=O)(=O)c1ccccc1. The number of carboxylic acids is 1. The van der Waals surface area contributed by atoms with E-state index in [0.717, 1.165) is 0 Å². The van der Waals surface area contributed by atoms with Crippen molar-refractivity contribution in [1.82, 2.24) is 5.32 Å². The number of benzene rings is 1. The Morgan fingerprint density at radius 3 is 2.00 bits per heavy atom. The molecule has 0 aliphatic rings. The Bertz CT molecular complexity index is 710. The summed E-state index contributed by atoms with van der Waals surface area (Å²) in [5.74, 6) is -1.29. The van der Waals surface area contributed by atoms with Crippen LogP contribution in [0.2, 0.25) is 0 Å². The third-order valence-electron chi connectivity index (χ3n) is 3.60. The third-order valence-corrected chi connectivity index (χ3v) is 4.92. The number of nitrogens with one attached hydrogen (secondary N) is 1. The molecule has 0 aliphatic heterocycles. The fourth-order valence-electron chi connectivity index (χ4n) is 2.11. The number of hydrogen-bond acceptors (Lipinski definition) is 8. The zero-order valence-corrected chi connectivity index (χ0v) is 17.6. The highest BCUT2D eigenvalue weighted by Gasteiger charge is 2.13. The van der Waals surface area contributed by atoms with Gasteiger partial charge in [-0.3, -0.25) is 13.8 Å². The van der Waals surface area contributed by atoms with E-state index in [-0.39, 0.29) is 36.9 Å². The highest BCUT2D eigenvalue weighted by atomic mass is 32.2. The van der Waals surface area contributed by atoms with Crippen LogP contribution in [-0.2, 0) is 38.1 Å². The van der Waals surface area contributed by atoms with Crippen LogP contribution in [0.4, 0.5) is 0 Å². The Kier molecular flexibility index (Phi) is 13.6. The molecule has 0 heterocycles. The van der Waals surface area contributed by atoms with Gasteiger partial charge in [-0.15, -0.1) is 0 Å². The minimum Gasteiger partial charge on any atom is -0.481 e. The Morgan fingerprint density at radius 2 is 1.40 bits per heavy atom. The number of ether oxygens (including phenoxy) is 3. The van der Waals surface area contributed by atoms with Crippen LogP contribution in [0, 0.1) is 0 Å². The van der Waals surface area contributed by atoms with Crippen LogP contribution in [0.25, 0.3) is 0 Å². The van der Waals surface area contributed by atoms with Gasteiger partial charge in [0.1, 0.15) is 0 Å². The number of hydrogen-bond donors (Lipinski definition) is 2. The average molecular weight is 448 g/mol. The molecule has 1 amide bonds. The van der Waals surface area contributed by atoms with Gasteiger partial charge >= 0.3 is 5.97 Å². The molecule has 0 saturated carbocycles. The maximum Gasteiger partial charge on any atom is 0.303 e. The van der Waals surface area contributed by atoms with E-state index in [4.69, 9.17) is 23.5 Å². The molecule has 10 nitrogen and oxygen atoms in total. The molecule has 0 bridgehead atoms. The molecule has 30 heavy (non-hydrogen) atoms. The second-order valence-corrected chi connectivity index (χ2v) is 7.64. The zero-order valence-electron chi connectivity index (χ0n) is 16.8. The minimum absolute atomic E-state index is 0.0267. The normalized spacial score (nSPS) is 11.3. The molecule has 0 spiro atoms. The highest BCUT2D eigenvalue weighted by Crippen LogP contribution is 2.10. The van der Waals surface area contributed by atoms with Crippen molar-refractivity contribution in [2.45, 2.75) is 24.2 Å². The van der Waals surface area contributed by atoms with Crippen LogP contribution in [0.3, 0.4) is 0 Å². The van der Waals surface area contributed by atoms with Gasteiger partial charge in [0.05, 0.1) is 51.0 Å². The Balaban J connectivity index is 1.86. The van der Waals surface area contributed by atoms with Gasteiger partial charge in [0, 0.05) is 19.6 Å². The minimum atomic E-state index is -3.76. The summed E-state index contributed by atoms with van der Waals surface area (Å²) in [7, 11) is -3.76. The summed E-state index contributed by atoms with van der Waals surface area (Å²) in [6.07, 6.45) is 0.415. The van der Waals surface area contributed by atoms with E-state index in [1.165, 1.54) is 12.1 Å². The molecular weight excluding hydrogens is 418 g/mol. The van der Waals surface area contributed by atoms with E-state index in [9.17, 15) is 18.0 Å². The van der Waals surface area contributed by atoms with Gasteiger partial charge < -0.3 is 24.6 Å². The van der Waals surface area contributed by atoms with Crippen LogP contribution in [-0.4, -0.2) is 78.2 Å². The fraction of sp³-hybridized carbons (Fsp3) is 0.579. The van der Waals surface area contributed by atoms with E-state index in [1.54, 1.807) is 18.2 Å². The topological polar surface area (TPSA) is 137 Å². The standard InChI is InChI=1S/C19H29NO9S/c21-18(7-8-19(22)23)20-9-4-10-26-11-12-27-13-14-28-15-16-29-30(24,25)17-5-2-1-3-6-17/h1-3,5-6H,4,7-16H2,(H,20,21)(H,22,23). The molecule has 1 rings (SSSR count). The molecule has 0 unspecified atom stereocenters.